The molecule has 15 heavy (non-hydrogen) atoms. The van der Waals surface area contributed by atoms with Crippen molar-refractivity contribution in [2.24, 2.45) is 0 Å². The minimum atomic E-state index is 0.511. The van der Waals surface area contributed by atoms with Crippen LogP contribution < -0.4 is 10.6 Å². The molecule has 0 radical (unpaired) electrons. The maximum atomic E-state index is 5.79. The molecule has 1 aromatic rings. The van der Waals surface area contributed by atoms with Crippen LogP contribution in [0.3, 0.4) is 0 Å². The summed E-state index contributed by atoms with van der Waals surface area (Å²) < 4.78 is 5.23. The van der Waals surface area contributed by atoms with E-state index in [9.17, 15) is 0 Å². The van der Waals surface area contributed by atoms with Crippen molar-refractivity contribution in [3.63, 3.8) is 0 Å². The van der Waals surface area contributed by atoms with E-state index >= 15 is 0 Å². The molecule has 0 aliphatic carbocycles. The Labute approximate surface area is 90.8 Å². The van der Waals surface area contributed by atoms with Crippen molar-refractivity contribution < 1.29 is 4.74 Å². The highest BCUT2D eigenvalue weighted by atomic mass is 16.5. The molecule has 1 aliphatic rings. The molecule has 0 spiro atoms. The van der Waals surface area contributed by atoms with E-state index in [1.807, 2.05) is 18.2 Å². The van der Waals surface area contributed by atoms with Gasteiger partial charge in [0.1, 0.15) is 0 Å². The van der Waals surface area contributed by atoms with Gasteiger partial charge in [-0.3, -0.25) is 0 Å². The van der Waals surface area contributed by atoms with E-state index in [0.29, 0.717) is 6.04 Å². The second-order valence-corrected chi connectivity index (χ2v) is 4.04. The topological polar surface area (TPSA) is 38.5 Å². The zero-order chi connectivity index (χ0) is 10.7. The molecule has 2 rings (SSSR count). The number of nitrogens with zero attached hydrogens (tertiary/aromatic N) is 1. The smallest absolute Gasteiger partial charge is 0.0666 e. The number of nitrogen functional groups attached to an aromatic ring is 1. The normalized spacial score (nSPS) is 20.9. The number of hydrogen-bond donors (Lipinski definition) is 1. The Balaban J connectivity index is 2.15. The van der Waals surface area contributed by atoms with Crippen LogP contribution in [-0.2, 0) is 4.74 Å². The third kappa shape index (κ3) is 2.23. The molecular formula is C12H18N2O. The van der Waals surface area contributed by atoms with Gasteiger partial charge >= 0.3 is 0 Å². The van der Waals surface area contributed by atoms with Crippen LogP contribution in [0, 0.1) is 0 Å². The average Bonchev–Trinajstić information content (AvgIpc) is 2.66. The summed E-state index contributed by atoms with van der Waals surface area (Å²) >= 11 is 0. The molecule has 3 nitrogen and oxygen atoms in total. The molecule has 2 N–H and O–H groups in total. The van der Waals surface area contributed by atoms with Crippen molar-refractivity contribution in [3.05, 3.63) is 24.3 Å². The van der Waals surface area contributed by atoms with Gasteiger partial charge in [-0.15, -0.1) is 0 Å². The van der Waals surface area contributed by atoms with E-state index < -0.39 is 0 Å². The number of anilines is 2. The number of hydrogen-bond acceptors (Lipinski definition) is 3. The lowest BCUT2D eigenvalue weighted by molar-refractivity contribution is 0.181. The highest BCUT2D eigenvalue weighted by molar-refractivity contribution is 5.57. The van der Waals surface area contributed by atoms with Crippen LogP contribution in [-0.4, -0.2) is 26.3 Å². The molecule has 1 atom stereocenters. The van der Waals surface area contributed by atoms with E-state index in [-0.39, 0.29) is 0 Å². The maximum Gasteiger partial charge on any atom is 0.0666 e. The Morgan fingerprint density at radius 2 is 2.40 bits per heavy atom. The van der Waals surface area contributed by atoms with Crippen molar-refractivity contribution in [2.75, 3.05) is 30.9 Å². The number of nitrogens with two attached hydrogens (primary N) is 1. The molecular weight excluding hydrogens is 188 g/mol. The van der Waals surface area contributed by atoms with Gasteiger partial charge in [-0.2, -0.15) is 0 Å². The predicted octanol–water partition coefficient (Wildman–Crippen LogP) is 1.88. The average molecular weight is 206 g/mol. The van der Waals surface area contributed by atoms with Crippen LogP contribution in [0.2, 0.25) is 0 Å². The highest BCUT2D eigenvalue weighted by Gasteiger charge is 2.24. The largest absolute Gasteiger partial charge is 0.399 e. The zero-order valence-corrected chi connectivity index (χ0v) is 9.15. The van der Waals surface area contributed by atoms with Crippen molar-refractivity contribution in [2.45, 2.75) is 18.9 Å². The van der Waals surface area contributed by atoms with E-state index in [2.05, 4.69) is 11.0 Å². The van der Waals surface area contributed by atoms with Crippen molar-refractivity contribution >= 4 is 11.4 Å². The quantitative estimate of drug-likeness (QED) is 0.767. The molecule has 0 amide bonds. The van der Waals surface area contributed by atoms with Gasteiger partial charge in [0, 0.05) is 25.0 Å². The molecule has 0 saturated carbocycles. The summed E-state index contributed by atoms with van der Waals surface area (Å²) in [4.78, 5) is 2.39. The molecule has 0 aromatic heterocycles. The van der Waals surface area contributed by atoms with E-state index in [1.54, 1.807) is 7.11 Å². The minimum absolute atomic E-state index is 0.511. The Bertz CT molecular complexity index is 327. The van der Waals surface area contributed by atoms with Gasteiger partial charge in [0.05, 0.1) is 12.6 Å². The molecule has 1 unspecified atom stereocenters. The zero-order valence-electron chi connectivity index (χ0n) is 9.15. The van der Waals surface area contributed by atoms with Gasteiger partial charge < -0.3 is 15.4 Å². The monoisotopic (exact) mass is 206 g/mol. The molecule has 1 aromatic carbocycles. The van der Waals surface area contributed by atoms with Crippen LogP contribution >= 0.6 is 0 Å². The fraction of sp³-hybridized carbons (Fsp3) is 0.500. The van der Waals surface area contributed by atoms with Crippen LogP contribution in [0.5, 0.6) is 0 Å². The molecule has 1 aliphatic heterocycles. The summed E-state index contributed by atoms with van der Waals surface area (Å²) in [5, 5.41) is 0. The molecule has 1 fully saturated rings. The Morgan fingerprint density at radius 1 is 1.53 bits per heavy atom. The first-order valence-corrected chi connectivity index (χ1v) is 5.42. The van der Waals surface area contributed by atoms with Gasteiger partial charge in [-0.1, -0.05) is 6.07 Å². The van der Waals surface area contributed by atoms with Gasteiger partial charge in [-0.25, -0.2) is 0 Å². The van der Waals surface area contributed by atoms with Crippen molar-refractivity contribution in [3.8, 4) is 0 Å². The van der Waals surface area contributed by atoms with Crippen LogP contribution in [0.4, 0.5) is 11.4 Å². The summed E-state index contributed by atoms with van der Waals surface area (Å²) in [6.45, 7) is 1.91. The van der Waals surface area contributed by atoms with E-state index in [4.69, 9.17) is 10.5 Å². The van der Waals surface area contributed by atoms with Crippen LogP contribution in [0.15, 0.2) is 24.3 Å². The van der Waals surface area contributed by atoms with Gasteiger partial charge in [0.15, 0.2) is 0 Å². The molecule has 1 heterocycles. The third-order valence-corrected chi connectivity index (χ3v) is 2.94. The summed E-state index contributed by atoms with van der Waals surface area (Å²) in [5.41, 5.74) is 7.83. The number of rotatable bonds is 3. The number of benzene rings is 1. The molecule has 82 valence electrons. The first kappa shape index (κ1) is 10.3. The van der Waals surface area contributed by atoms with Crippen LogP contribution in [0.1, 0.15) is 12.8 Å². The minimum Gasteiger partial charge on any atom is -0.399 e. The first-order chi connectivity index (χ1) is 7.31. The second-order valence-electron chi connectivity index (χ2n) is 4.04. The summed E-state index contributed by atoms with van der Waals surface area (Å²) in [7, 11) is 1.76. The highest BCUT2D eigenvalue weighted by Crippen LogP contribution is 2.26. The third-order valence-electron chi connectivity index (χ3n) is 2.94. The summed E-state index contributed by atoms with van der Waals surface area (Å²) in [5.74, 6) is 0. The number of methoxy groups -OCH3 is 1. The van der Waals surface area contributed by atoms with Crippen LogP contribution in [0.25, 0.3) is 0 Å². The standard InChI is InChI=1S/C12H18N2O/c1-15-9-12-6-3-7-14(12)11-5-2-4-10(13)8-11/h2,4-5,8,12H,3,6-7,9,13H2,1H3. The lowest BCUT2D eigenvalue weighted by atomic mass is 10.2. The Hall–Kier alpha value is -1.22. The molecule has 1 saturated heterocycles. The first-order valence-electron chi connectivity index (χ1n) is 5.42. The Morgan fingerprint density at radius 3 is 3.13 bits per heavy atom. The van der Waals surface area contributed by atoms with Crippen molar-refractivity contribution in [1.82, 2.24) is 0 Å². The van der Waals surface area contributed by atoms with Gasteiger partial charge in [0.2, 0.25) is 0 Å². The molecule has 3 heteroatoms. The van der Waals surface area contributed by atoms with E-state index in [0.717, 1.165) is 18.8 Å². The maximum absolute atomic E-state index is 5.79. The van der Waals surface area contributed by atoms with Gasteiger partial charge in [0.25, 0.3) is 0 Å². The summed E-state index contributed by atoms with van der Waals surface area (Å²) in [6, 6.07) is 8.59. The lowest BCUT2D eigenvalue weighted by Crippen LogP contribution is -2.32. The summed E-state index contributed by atoms with van der Waals surface area (Å²) in [6.07, 6.45) is 2.45. The van der Waals surface area contributed by atoms with E-state index in [1.165, 1.54) is 18.5 Å². The lowest BCUT2D eigenvalue weighted by Gasteiger charge is -2.26. The predicted molar refractivity (Wildman–Crippen MR) is 63.1 cm³/mol. The fourth-order valence-electron chi connectivity index (χ4n) is 2.24. The SMILES string of the molecule is COCC1CCCN1c1cccc(N)c1. The molecule has 0 bridgehead atoms. The second kappa shape index (κ2) is 4.53. The van der Waals surface area contributed by atoms with Gasteiger partial charge in [-0.05, 0) is 31.0 Å². The Kier molecular flexibility index (Phi) is 3.11. The number of ether oxygens (including phenoxy) is 1. The fourth-order valence-corrected chi connectivity index (χ4v) is 2.24. The van der Waals surface area contributed by atoms with Crippen molar-refractivity contribution in [1.29, 1.82) is 0 Å².